The Morgan fingerprint density at radius 3 is 1.89 bits per heavy atom. The van der Waals surface area contributed by atoms with Crippen molar-refractivity contribution in [3.63, 3.8) is 0 Å². The summed E-state index contributed by atoms with van der Waals surface area (Å²) in [4.78, 5) is 15.5. The van der Waals surface area contributed by atoms with Crippen LogP contribution in [0, 0.1) is 13.8 Å². The molecule has 1 aromatic carbocycles. The Kier molecular flexibility index (Phi) is 6.76. The molecule has 0 radical (unpaired) electrons. The second-order valence-electron chi connectivity index (χ2n) is 5.03. The average molecular weight is 402 g/mol. The molecule has 0 aromatic heterocycles. The van der Waals surface area contributed by atoms with Crippen molar-refractivity contribution < 1.29 is 40.6 Å². The number of rotatable bonds is 4. The third-order valence-electron chi connectivity index (χ3n) is 3.01. The van der Waals surface area contributed by atoms with Gasteiger partial charge in [-0.05, 0) is 20.8 Å². The maximum atomic E-state index is 12.5. The number of carbonyl (C=O) groups is 1. The SMILES string of the molecule is CCN=C(N)NC(=O)Nc1c(C)c(OC(F)(F)F)cc(OC(F)(F)F)c1C. The predicted octanol–water partition coefficient (Wildman–Crippen LogP) is 3.56. The van der Waals surface area contributed by atoms with Crippen LogP contribution in [0.1, 0.15) is 18.1 Å². The molecular weight excluding hydrogens is 386 g/mol. The van der Waals surface area contributed by atoms with Gasteiger partial charge in [-0.1, -0.05) is 0 Å². The van der Waals surface area contributed by atoms with Gasteiger partial charge < -0.3 is 20.5 Å². The third-order valence-corrected chi connectivity index (χ3v) is 3.01. The highest BCUT2D eigenvalue weighted by Gasteiger charge is 2.36. The highest BCUT2D eigenvalue weighted by molar-refractivity contribution is 6.02. The topological polar surface area (TPSA) is 98.0 Å². The molecule has 0 aliphatic carbocycles. The van der Waals surface area contributed by atoms with Crippen LogP contribution in [-0.2, 0) is 0 Å². The van der Waals surface area contributed by atoms with Gasteiger partial charge in [-0.25, -0.2) is 4.79 Å². The largest absolute Gasteiger partial charge is 0.573 e. The number of anilines is 1. The minimum Gasteiger partial charge on any atom is -0.405 e. The van der Waals surface area contributed by atoms with E-state index in [1.807, 2.05) is 0 Å². The second kappa shape index (κ2) is 8.22. The van der Waals surface area contributed by atoms with Gasteiger partial charge in [0.25, 0.3) is 0 Å². The number of ether oxygens (including phenoxy) is 2. The maximum absolute atomic E-state index is 12.5. The Morgan fingerprint density at radius 1 is 1.07 bits per heavy atom. The summed E-state index contributed by atoms with van der Waals surface area (Å²) in [6.07, 6.45) is -10.3. The molecule has 1 aromatic rings. The van der Waals surface area contributed by atoms with E-state index in [0.29, 0.717) is 6.07 Å². The number of halogens is 6. The van der Waals surface area contributed by atoms with Crippen LogP contribution in [0.4, 0.5) is 36.8 Å². The summed E-state index contributed by atoms with van der Waals surface area (Å²) < 4.78 is 82.6. The normalized spacial score (nSPS) is 12.6. The number of nitrogens with two attached hydrogens (primary N) is 1. The molecule has 27 heavy (non-hydrogen) atoms. The highest BCUT2D eigenvalue weighted by atomic mass is 19.4. The monoisotopic (exact) mass is 402 g/mol. The first-order valence-corrected chi connectivity index (χ1v) is 7.27. The first-order chi connectivity index (χ1) is 12.2. The molecule has 2 amide bonds. The van der Waals surface area contributed by atoms with Crippen LogP contribution < -0.4 is 25.8 Å². The fraction of sp³-hybridized carbons (Fsp3) is 0.429. The molecule has 13 heteroatoms. The number of alkyl halides is 6. The van der Waals surface area contributed by atoms with E-state index < -0.39 is 30.3 Å². The zero-order valence-corrected chi connectivity index (χ0v) is 14.3. The van der Waals surface area contributed by atoms with E-state index in [4.69, 9.17) is 5.73 Å². The summed E-state index contributed by atoms with van der Waals surface area (Å²) in [5.74, 6) is -2.24. The number of urea groups is 1. The number of amides is 2. The first kappa shape index (κ1) is 22.2. The van der Waals surface area contributed by atoms with Crippen LogP contribution in [0.25, 0.3) is 0 Å². The van der Waals surface area contributed by atoms with Crippen molar-refractivity contribution in [3.05, 3.63) is 17.2 Å². The predicted molar refractivity (Wildman–Crippen MR) is 83.6 cm³/mol. The van der Waals surface area contributed by atoms with Crippen molar-refractivity contribution in [2.75, 3.05) is 11.9 Å². The van der Waals surface area contributed by atoms with Crippen LogP contribution in [0.5, 0.6) is 11.5 Å². The molecule has 7 nitrogen and oxygen atoms in total. The standard InChI is InChI=1S/C14H16F6N4O3/c1-4-22-11(21)24-12(25)23-10-6(2)8(26-13(15,16)17)5-9(7(10)3)27-14(18,19)20/h5H,4H2,1-3H3,(H4,21,22,23,24,25). The fourth-order valence-electron chi connectivity index (χ4n) is 1.98. The van der Waals surface area contributed by atoms with Gasteiger partial charge >= 0.3 is 18.8 Å². The average Bonchev–Trinajstić information content (AvgIpc) is 2.46. The summed E-state index contributed by atoms with van der Waals surface area (Å²) in [5, 5.41) is 4.19. The quantitative estimate of drug-likeness (QED) is 0.408. The highest BCUT2D eigenvalue weighted by Crippen LogP contribution is 2.40. The number of aliphatic imine (C=N–C) groups is 1. The smallest absolute Gasteiger partial charge is 0.405 e. The Hall–Kier alpha value is -2.86. The van der Waals surface area contributed by atoms with E-state index >= 15 is 0 Å². The lowest BCUT2D eigenvalue weighted by Gasteiger charge is -2.20. The van der Waals surface area contributed by atoms with E-state index in [9.17, 15) is 31.1 Å². The van der Waals surface area contributed by atoms with Crippen molar-refractivity contribution >= 4 is 17.7 Å². The molecule has 0 bridgehead atoms. The van der Waals surface area contributed by atoms with E-state index in [1.54, 1.807) is 6.92 Å². The minimum absolute atomic E-state index is 0.239. The molecule has 0 saturated heterocycles. The molecular formula is C14H16F6N4O3. The summed E-state index contributed by atoms with van der Waals surface area (Å²) in [5.41, 5.74) is 4.44. The molecule has 0 aliphatic heterocycles. The van der Waals surface area contributed by atoms with Gasteiger partial charge in [0.1, 0.15) is 11.5 Å². The molecule has 0 atom stereocenters. The number of benzene rings is 1. The van der Waals surface area contributed by atoms with Crippen molar-refractivity contribution in [1.29, 1.82) is 0 Å². The number of guanidine groups is 1. The Labute approximate surface area is 149 Å². The van der Waals surface area contributed by atoms with E-state index in [0.717, 1.165) is 13.8 Å². The van der Waals surface area contributed by atoms with Crippen molar-refractivity contribution in [3.8, 4) is 11.5 Å². The number of carbonyl (C=O) groups excluding carboxylic acids is 1. The van der Waals surface area contributed by atoms with Crippen LogP contribution >= 0.6 is 0 Å². The summed E-state index contributed by atoms with van der Waals surface area (Å²) >= 11 is 0. The Bertz CT molecular complexity index is 691. The lowest BCUT2D eigenvalue weighted by atomic mass is 10.1. The van der Waals surface area contributed by atoms with Gasteiger partial charge in [-0.15, -0.1) is 26.3 Å². The van der Waals surface area contributed by atoms with E-state index in [2.05, 4.69) is 25.1 Å². The molecule has 0 spiro atoms. The Balaban J connectivity index is 3.34. The van der Waals surface area contributed by atoms with Crippen LogP contribution in [-0.4, -0.2) is 31.3 Å². The Morgan fingerprint density at radius 2 is 1.52 bits per heavy atom. The van der Waals surface area contributed by atoms with Gasteiger partial charge in [0.2, 0.25) is 0 Å². The molecule has 0 heterocycles. The number of nitrogens with zero attached hydrogens (tertiary/aromatic N) is 1. The zero-order valence-electron chi connectivity index (χ0n) is 14.3. The van der Waals surface area contributed by atoms with Gasteiger partial charge in [0.05, 0.1) is 5.69 Å². The van der Waals surface area contributed by atoms with Crippen molar-refractivity contribution in [2.45, 2.75) is 33.5 Å². The first-order valence-electron chi connectivity index (χ1n) is 7.27. The van der Waals surface area contributed by atoms with Crippen LogP contribution in [0.3, 0.4) is 0 Å². The molecule has 1 rings (SSSR count). The fourth-order valence-corrected chi connectivity index (χ4v) is 1.98. The van der Waals surface area contributed by atoms with E-state index in [1.165, 1.54) is 0 Å². The molecule has 0 aliphatic rings. The molecule has 0 unspecified atom stereocenters. The summed E-state index contributed by atoms with van der Waals surface area (Å²) in [7, 11) is 0. The summed E-state index contributed by atoms with van der Waals surface area (Å²) in [6, 6.07) is -0.597. The van der Waals surface area contributed by atoms with Crippen LogP contribution in [0.2, 0.25) is 0 Å². The zero-order chi connectivity index (χ0) is 21.0. The van der Waals surface area contributed by atoms with E-state index in [-0.39, 0.29) is 29.3 Å². The van der Waals surface area contributed by atoms with Gasteiger partial charge in [0, 0.05) is 23.7 Å². The van der Waals surface area contributed by atoms with Gasteiger partial charge in [-0.2, -0.15) is 0 Å². The van der Waals surface area contributed by atoms with Crippen LogP contribution in [0.15, 0.2) is 11.1 Å². The number of hydrogen-bond donors (Lipinski definition) is 3. The number of nitrogens with one attached hydrogen (secondary N) is 2. The molecule has 152 valence electrons. The van der Waals surface area contributed by atoms with Crippen molar-refractivity contribution in [1.82, 2.24) is 5.32 Å². The van der Waals surface area contributed by atoms with Gasteiger partial charge in [-0.3, -0.25) is 10.3 Å². The molecule has 4 N–H and O–H groups in total. The van der Waals surface area contributed by atoms with Crippen molar-refractivity contribution in [2.24, 2.45) is 10.7 Å². The number of hydrogen-bond acceptors (Lipinski definition) is 4. The lowest BCUT2D eigenvalue weighted by molar-refractivity contribution is -0.276. The van der Waals surface area contributed by atoms with Gasteiger partial charge in [0.15, 0.2) is 5.96 Å². The maximum Gasteiger partial charge on any atom is 0.573 e. The third kappa shape index (κ3) is 7.11. The molecule has 0 fully saturated rings. The summed E-state index contributed by atoms with van der Waals surface area (Å²) in [6.45, 7) is 4.09. The molecule has 0 saturated carbocycles. The minimum atomic E-state index is -5.17. The lowest BCUT2D eigenvalue weighted by Crippen LogP contribution is -2.40. The second-order valence-corrected chi connectivity index (χ2v) is 5.03.